The number of carbonyl (C=O) groups excluding carboxylic acids is 1. The fourth-order valence-corrected chi connectivity index (χ4v) is 3.22. The van der Waals surface area contributed by atoms with Crippen LogP contribution in [0.25, 0.3) is 10.9 Å². The molecule has 0 saturated carbocycles. The number of amides is 1. The minimum Gasteiger partial charge on any atom is -0.377 e. The molecule has 0 fully saturated rings. The number of para-hydroxylation sites is 2. The maximum absolute atomic E-state index is 13.1. The van der Waals surface area contributed by atoms with Crippen molar-refractivity contribution in [1.29, 1.82) is 0 Å². The SMILES string of the molecule is CC1(C)CN(C(=O)c2ccc3cc[nH]c3c2)c2ccccc2N1. The van der Waals surface area contributed by atoms with E-state index in [0.29, 0.717) is 12.1 Å². The van der Waals surface area contributed by atoms with Crippen molar-refractivity contribution in [3.8, 4) is 0 Å². The second-order valence-corrected chi connectivity index (χ2v) is 6.70. The van der Waals surface area contributed by atoms with Crippen LogP contribution in [0.4, 0.5) is 11.4 Å². The molecule has 0 saturated heterocycles. The lowest BCUT2D eigenvalue weighted by molar-refractivity contribution is 0.0982. The quantitative estimate of drug-likeness (QED) is 0.713. The van der Waals surface area contributed by atoms with Gasteiger partial charge in [-0.3, -0.25) is 4.79 Å². The number of aromatic amines is 1. The number of anilines is 2. The number of nitrogens with one attached hydrogen (secondary N) is 2. The summed E-state index contributed by atoms with van der Waals surface area (Å²) in [4.78, 5) is 18.1. The minimum atomic E-state index is -0.166. The van der Waals surface area contributed by atoms with E-state index in [1.807, 2.05) is 59.6 Å². The number of fused-ring (bicyclic) bond motifs is 2. The van der Waals surface area contributed by atoms with Gasteiger partial charge < -0.3 is 15.2 Å². The minimum absolute atomic E-state index is 0.0310. The molecule has 4 heteroatoms. The molecule has 3 aromatic rings. The van der Waals surface area contributed by atoms with Gasteiger partial charge in [0.25, 0.3) is 5.91 Å². The number of benzene rings is 2. The highest BCUT2D eigenvalue weighted by Gasteiger charge is 2.33. The summed E-state index contributed by atoms with van der Waals surface area (Å²) in [7, 11) is 0. The molecule has 2 N–H and O–H groups in total. The smallest absolute Gasteiger partial charge is 0.258 e. The van der Waals surface area contributed by atoms with Gasteiger partial charge >= 0.3 is 0 Å². The Balaban J connectivity index is 1.78. The highest BCUT2D eigenvalue weighted by molar-refractivity contribution is 6.09. The molecule has 2 aromatic carbocycles. The van der Waals surface area contributed by atoms with E-state index in [9.17, 15) is 4.79 Å². The van der Waals surface area contributed by atoms with Crippen molar-refractivity contribution >= 4 is 28.2 Å². The first-order valence-corrected chi connectivity index (χ1v) is 7.80. The Morgan fingerprint density at radius 2 is 1.96 bits per heavy atom. The van der Waals surface area contributed by atoms with E-state index in [2.05, 4.69) is 24.1 Å². The molecule has 1 aliphatic rings. The van der Waals surface area contributed by atoms with Crippen LogP contribution in [0.5, 0.6) is 0 Å². The number of hydrogen-bond donors (Lipinski definition) is 2. The number of rotatable bonds is 1. The second-order valence-electron chi connectivity index (χ2n) is 6.70. The molecule has 4 rings (SSSR count). The molecule has 0 aliphatic carbocycles. The summed E-state index contributed by atoms with van der Waals surface area (Å²) < 4.78 is 0. The normalized spacial score (nSPS) is 16.0. The van der Waals surface area contributed by atoms with Crippen LogP contribution in [-0.2, 0) is 0 Å². The van der Waals surface area contributed by atoms with Gasteiger partial charge in [0.1, 0.15) is 0 Å². The molecule has 0 atom stereocenters. The van der Waals surface area contributed by atoms with E-state index in [4.69, 9.17) is 0 Å². The van der Waals surface area contributed by atoms with Gasteiger partial charge in [0.15, 0.2) is 0 Å². The third-order valence-corrected chi connectivity index (χ3v) is 4.27. The Morgan fingerprint density at radius 1 is 1.13 bits per heavy atom. The maximum Gasteiger partial charge on any atom is 0.258 e. The van der Waals surface area contributed by atoms with Crippen LogP contribution in [0.3, 0.4) is 0 Å². The Labute approximate surface area is 135 Å². The Morgan fingerprint density at radius 3 is 2.83 bits per heavy atom. The first-order chi connectivity index (χ1) is 11.0. The number of H-pyrrole nitrogens is 1. The summed E-state index contributed by atoms with van der Waals surface area (Å²) in [5.74, 6) is 0.0310. The van der Waals surface area contributed by atoms with Gasteiger partial charge in [0.2, 0.25) is 0 Å². The highest BCUT2D eigenvalue weighted by Crippen LogP contribution is 2.35. The molecule has 1 amide bonds. The first kappa shape index (κ1) is 13.9. The summed E-state index contributed by atoms with van der Waals surface area (Å²) in [6.07, 6.45) is 1.89. The average molecular weight is 305 g/mol. The number of aromatic nitrogens is 1. The Kier molecular flexibility index (Phi) is 2.94. The molecule has 1 aliphatic heterocycles. The predicted octanol–water partition coefficient (Wildman–Crippen LogP) is 4.02. The largest absolute Gasteiger partial charge is 0.377 e. The van der Waals surface area contributed by atoms with Gasteiger partial charge in [-0.05, 0) is 49.6 Å². The zero-order chi connectivity index (χ0) is 16.0. The van der Waals surface area contributed by atoms with Gasteiger partial charge in [0, 0.05) is 29.4 Å². The van der Waals surface area contributed by atoms with Crippen molar-refractivity contribution < 1.29 is 4.79 Å². The van der Waals surface area contributed by atoms with Crippen LogP contribution >= 0.6 is 0 Å². The van der Waals surface area contributed by atoms with E-state index in [-0.39, 0.29) is 11.4 Å². The van der Waals surface area contributed by atoms with Crippen molar-refractivity contribution in [2.75, 3.05) is 16.8 Å². The highest BCUT2D eigenvalue weighted by atomic mass is 16.2. The van der Waals surface area contributed by atoms with Gasteiger partial charge in [-0.25, -0.2) is 0 Å². The molecule has 0 spiro atoms. The van der Waals surface area contributed by atoms with Crippen LogP contribution in [-0.4, -0.2) is 23.0 Å². The number of hydrogen-bond acceptors (Lipinski definition) is 2. The van der Waals surface area contributed by atoms with Crippen LogP contribution in [0, 0.1) is 0 Å². The fraction of sp³-hybridized carbons (Fsp3) is 0.211. The van der Waals surface area contributed by atoms with Crippen LogP contribution < -0.4 is 10.2 Å². The van der Waals surface area contributed by atoms with Crippen LogP contribution in [0.1, 0.15) is 24.2 Å². The molecule has 2 heterocycles. The first-order valence-electron chi connectivity index (χ1n) is 7.80. The molecule has 23 heavy (non-hydrogen) atoms. The van der Waals surface area contributed by atoms with E-state index in [0.717, 1.165) is 22.3 Å². The Hall–Kier alpha value is -2.75. The maximum atomic E-state index is 13.1. The van der Waals surface area contributed by atoms with Gasteiger partial charge in [-0.15, -0.1) is 0 Å². The van der Waals surface area contributed by atoms with E-state index < -0.39 is 0 Å². The molecular formula is C19H19N3O. The molecule has 0 unspecified atom stereocenters. The van der Waals surface area contributed by atoms with Crippen molar-refractivity contribution in [2.24, 2.45) is 0 Å². The van der Waals surface area contributed by atoms with E-state index in [1.165, 1.54) is 0 Å². The third-order valence-electron chi connectivity index (χ3n) is 4.27. The lowest BCUT2D eigenvalue weighted by Gasteiger charge is -2.40. The van der Waals surface area contributed by atoms with Crippen LogP contribution in [0.15, 0.2) is 54.7 Å². The van der Waals surface area contributed by atoms with Gasteiger partial charge in [0.05, 0.1) is 11.4 Å². The van der Waals surface area contributed by atoms with Crippen molar-refractivity contribution in [3.05, 3.63) is 60.3 Å². The van der Waals surface area contributed by atoms with Crippen molar-refractivity contribution in [3.63, 3.8) is 0 Å². The van der Waals surface area contributed by atoms with Crippen molar-refractivity contribution in [2.45, 2.75) is 19.4 Å². The fourth-order valence-electron chi connectivity index (χ4n) is 3.22. The van der Waals surface area contributed by atoms with Crippen molar-refractivity contribution in [1.82, 2.24) is 4.98 Å². The second kappa shape index (κ2) is 4.88. The summed E-state index contributed by atoms with van der Waals surface area (Å²) in [5.41, 5.74) is 3.45. The summed E-state index contributed by atoms with van der Waals surface area (Å²) in [5, 5.41) is 4.61. The molecule has 0 radical (unpaired) electrons. The number of nitrogens with zero attached hydrogens (tertiary/aromatic N) is 1. The molecule has 0 bridgehead atoms. The molecule has 1 aromatic heterocycles. The lowest BCUT2D eigenvalue weighted by Crippen LogP contribution is -2.50. The Bertz CT molecular complexity index is 894. The summed E-state index contributed by atoms with van der Waals surface area (Å²) >= 11 is 0. The van der Waals surface area contributed by atoms with E-state index in [1.54, 1.807) is 0 Å². The zero-order valence-corrected chi connectivity index (χ0v) is 13.3. The third kappa shape index (κ3) is 2.36. The molecular weight excluding hydrogens is 286 g/mol. The van der Waals surface area contributed by atoms with Gasteiger partial charge in [-0.2, -0.15) is 0 Å². The summed E-state index contributed by atoms with van der Waals surface area (Å²) in [6.45, 7) is 4.85. The predicted molar refractivity (Wildman–Crippen MR) is 94.1 cm³/mol. The number of carbonyl (C=O) groups is 1. The summed E-state index contributed by atoms with van der Waals surface area (Å²) in [6, 6.07) is 15.8. The molecule has 116 valence electrons. The lowest BCUT2D eigenvalue weighted by atomic mass is 9.98. The standard InChI is InChI=1S/C19H19N3O/c1-19(2)12-22(17-6-4-3-5-15(17)21-19)18(23)14-8-7-13-9-10-20-16(13)11-14/h3-11,20-21H,12H2,1-2H3. The topological polar surface area (TPSA) is 48.1 Å². The molecule has 4 nitrogen and oxygen atoms in total. The monoisotopic (exact) mass is 305 g/mol. The van der Waals surface area contributed by atoms with Gasteiger partial charge in [-0.1, -0.05) is 18.2 Å². The average Bonchev–Trinajstić information content (AvgIpc) is 3.00. The van der Waals surface area contributed by atoms with E-state index >= 15 is 0 Å². The van der Waals surface area contributed by atoms with Crippen LogP contribution in [0.2, 0.25) is 0 Å². The zero-order valence-electron chi connectivity index (χ0n) is 13.3.